The van der Waals surface area contributed by atoms with Crippen molar-refractivity contribution in [3.05, 3.63) is 60.7 Å². The Morgan fingerprint density at radius 1 is 0.942 bits per heavy atom. The summed E-state index contributed by atoms with van der Waals surface area (Å²) in [7, 11) is -9.38. The average molecular weight is 771 g/mol. The summed E-state index contributed by atoms with van der Waals surface area (Å²) < 4.78 is 58.4. The predicted molar refractivity (Wildman–Crippen MR) is 171 cm³/mol. The first kappa shape index (κ1) is 37.8. The quantitative estimate of drug-likeness (QED) is 0.0576. The van der Waals surface area contributed by atoms with Crippen molar-refractivity contribution in [1.29, 1.82) is 0 Å². The van der Waals surface area contributed by atoms with Crippen molar-refractivity contribution in [3.63, 3.8) is 0 Å². The van der Waals surface area contributed by atoms with Gasteiger partial charge in [-0.05, 0) is 30.3 Å². The number of phosphoric acid groups is 2. The van der Waals surface area contributed by atoms with E-state index in [-0.39, 0.29) is 28.4 Å². The highest BCUT2D eigenvalue weighted by Gasteiger charge is 2.50. The molecule has 2 aliphatic rings. The number of primary amides is 1. The zero-order valence-electron chi connectivity index (χ0n) is 26.9. The van der Waals surface area contributed by atoms with Crippen molar-refractivity contribution >= 4 is 38.5 Å². The molecular weight excluding hydrogens is 736 g/mol. The van der Waals surface area contributed by atoms with Crippen molar-refractivity contribution in [2.75, 3.05) is 26.1 Å². The number of anilines is 1. The van der Waals surface area contributed by atoms with E-state index in [1.807, 2.05) is 0 Å². The number of nitrogens with zero attached hydrogens (tertiary/aromatic N) is 5. The zero-order valence-corrected chi connectivity index (χ0v) is 28.7. The second-order valence-electron chi connectivity index (χ2n) is 11.6. The molecule has 4 aromatic rings. The van der Waals surface area contributed by atoms with Crippen LogP contribution in [-0.2, 0) is 32.0 Å². The maximum atomic E-state index is 12.7. The van der Waals surface area contributed by atoms with Gasteiger partial charge in [-0.15, -0.1) is 0 Å². The smallest absolute Gasteiger partial charge is 0.481 e. The first-order valence-electron chi connectivity index (χ1n) is 15.2. The van der Waals surface area contributed by atoms with E-state index >= 15 is 0 Å². The molecule has 2 unspecified atom stereocenters. The number of hydrogen-bond acceptors (Lipinski definition) is 17. The van der Waals surface area contributed by atoms with Gasteiger partial charge in [-0.1, -0.05) is 0 Å². The van der Waals surface area contributed by atoms with Crippen LogP contribution in [-0.4, -0.2) is 113 Å². The largest absolute Gasteiger partial charge is 0.497 e. The van der Waals surface area contributed by atoms with E-state index in [1.54, 1.807) is 24.3 Å². The van der Waals surface area contributed by atoms with Crippen molar-refractivity contribution in [1.82, 2.24) is 19.5 Å². The molecule has 1 aromatic carbocycles. The van der Waals surface area contributed by atoms with Gasteiger partial charge in [0.2, 0.25) is 0 Å². The lowest BCUT2D eigenvalue weighted by Gasteiger charge is -2.20. The summed E-state index contributed by atoms with van der Waals surface area (Å²) in [6.07, 6.45) is -8.50. The van der Waals surface area contributed by atoms with Gasteiger partial charge >= 0.3 is 15.6 Å². The first-order chi connectivity index (χ1) is 24.6. The van der Waals surface area contributed by atoms with Gasteiger partial charge in [0.05, 0.1) is 20.3 Å². The van der Waals surface area contributed by atoms with Gasteiger partial charge in [-0.25, -0.2) is 24.1 Å². The summed E-state index contributed by atoms with van der Waals surface area (Å²) in [6.45, 7) is -1.86. The molecule has 52 heavy (non-hydrogen) atoms. The number of pyridine rings is 1. The summed E-state index contributed by atoms with van der Waals surface area (Å²) in [4.78, 5) is 44.6. The lowest BCUT2D eigenvalue weighted by molar-refractivity contribution is -0.765. The molecular formula is C28H34N7O15P2+. The van der Waals surface area contributed by atoms with E-state index in [4.69, 9.17) is 34.7 Å². The fourth-order valence-electron chi connectivity index (χ4n) is 5.61. The van der Waals surface area contributed by atoms with E-state index in [0.717, 1.165) is 6.33 Å². The van der Waals surface area contributed by atoms with Crippen LogP contribution in [0.2, 0.25) is 0 Å². The molecule has 2 aliphatic heterocycles. The second-order valence-corrected chi connectivity index (χ2v) is 14.6. The minimum atomic E-state index is -5.45. The number of aromatic nitrogens is 5. The Bertz CT molecular complexity index is 2040. The Morgan fingerprint density at radius 2 is 1.58 bits per heavy atom. The number of carbonyl (C=O) groups excluding carboxylic acids is 1. The van der Waals surface area contributed by atoms with Crippen molar-refractivity contribution in [2.45, 2.75) is 49.1 Å². The molecule has 0 saturated carbocycles. The maximum Gasteiger partial charge on any atom is 0.481 e. The second kappa shape index (κ2) is 14.8. The van der Waals surface area contributed by atoms with E-state index in [0.29, 0.717) is 11.3 Å². The van der Waals surface area contributed by atoms with Gasteiger partial charge in [0, 0.05) is 11.6 Å². The number of aliphatic hydroxyl groups excluding tert-OH is 4. The number of nitrogen functional groups attached to an aromatic ring is 1. The van der Waals surface area contributed by atoms with Crippen LogP contribution in [0, 0.1) is 0 Å². The molecule has 6 rings (SSSR count). The van der Waals surface area contributed by atoms with Gasteiger partial charge in [0.1, 0.15) is 54.0 Å². The number of imidazole rings is 1. The summed E-state index contributed by atoms with van der Waals surface area (Å²) >= 11 is 0. The molecule has 2 saturated heterocycles. The summed E-state index contributed by atoms with van der Waals surface area (Å²) in [5.41, 5.74) is 12.1. The molecule has 3 aromatic heterocycles. The Hall–Kier alpha value is -3.99. The molecule has 0 radical (unpaired) electrons. The molecule has 5 heterocycles. The van der Waals surface area contributed by atoms with E-state index < -0.39 is 83.8 Å². The van der Waals surface area contributed by atoms with E-state index in [1.165, 1.54) is 40.8 Å². The molecule has 2 fully saturated rings. The van der Waals surface area contributed by atoms with Gasteiger partial charge < -0.3 is 55.9 Å². The van der Waals surface area contributed by atoms with Gasteiger partial charge in [-0.2, -0.15) is 8.88 Å². The topological polar surface area (TPSA) is 327 Å². The lowest BCUT2D eigenvalue weighted by Crippen LogP contribution is -2.46. The highest BCUT2D eigenvalue weighted by Crippen LogP contribution is 2.60. The van der Waals surface area contributed by atoms with Gasteiger partial charge in [0.15, 0.2) is 41.7 Å². The summed E-state index contributed by atoms with van der Waals surface area (Å²) in [6, 6.07) is 9.47. The number of fused-ring (bicyclic) bond motifs is 1. The predicted octanol–water partition coefficient (Wildman–Crippen LogP) is -1.34. The Labute approximate surface area is 292 Å². The minimum Gasteiger partial charge on any atom is -0.497 e. The fourth-order valence-corrected chi connectivity index (χ4v) is 7.70. The zero-order chi connectivity index (χ0) is 37.5. The molecule has 22 nitrogen and oxygen atoms in total. The third-order valence-corrected chi connectivity index (χ3v) is 10.8. The fraction of sp³-hybridized carbons (Fsp3) is 0.393. The maximum absolute atomic E-state index is 12.7. The molecule has 280 valence electrons. The number of methoxy groups -OCH3 is 1. The van der Waals surface area contributed by atoms with Crippen LogP contribution in [0.4, 0.5) is 5.82 Å². The minimum absolute atomic E-state index is 0.0133. The number of hydrogen-bond donors (Lipinski definition) is 8. The van der Waals surface area contributed by atoms with Crippen molar-refractivity contribution in [2.24, 2.45) is 5.73 Å². The summed E-state index contributed by atoms with van der Waals surface area (Å²) in [5, 5.41) is 42.8. The van der Waals surface area contributed by atoms with Crippen LogP contribution in [0.25, 0.3) is 22.6 Å². The Balaban J connectivity index is 1.10. The van der Waals surface area contributed by atoms with E-state index in [9.17, 15) is 44.1 Å². The number of nitrogens with two attached hydrogens (primary N) is 2. The molecule has 0 bridgehead atoms. The molecule has 1 amide bonds. The molecule has 0 aliphatic carbocycles. The van der Waals surface area contributed by atoms with Gasteiger partial charge in [-0.3, -0.25) is 18.4 Å². The highest BCUT2D eigenvalue weighted by molar-refractivity contribution is 7.61. The summed E-state index contributed by atoms with van der Waals surface area (Å²) in [5.74, 6) is -0.0124. The number of amides is 1. The molecule has 0 spiro atoms. The average Bonchev–Trinajstić information content (AvgIpc) is 3.73. The molecule has 10 atom stereocenters. The van der Waals surface area contributed by atoms with Crippen LogP contribution in [0.3, 0.4) is 0 Å². The highest BCUT2D eigenvalue weighted by atomic mass is 31.3. The Kier molecular flexibility index (Phi) is 10.7. The normalized spacial score (nSPS) is 28.4. The monoisotopic (exact) mass is 770 g/mol. The molecule has 24 heteroatoms. The number of carbonyl (C=O) groups is 1. The number of phosphoric ester groups is 2. The van der Waals surface area contributed by atoms with Crippen molar-refractivity contribution in [3.8, 4) is 17.1 Å². The van der Waals surface area contributed by atoms with Crippen LogP contribution in [0.5, 0.6) is 5.75 Å². The van der Waals surface area contributed by atoms with Crippen molar-refractivity contribution < 1.29 is 76.3 Å². The van der Waals surface area contributed by atoms with E-state index in [2.05, 4.69) is 19.3 Å². The standard InChI is InChI=1S/C28H33N7O15P2/c1-45-15-6-4-13(5-7-15)25-33-18-23(29)31-12-32-26(18)35(25)28-22(39)20(37)17(49-28)11-47-52(43,44)50-51(41,42)46-10-16-19(36)21(38)27(48-16)34-8-2-3-14(9-34)24(30)40/h2-9,12,16-17,19-22,27-28,36-39H,10-11H2,1H3,(H5-,29,30,31,32,40,41,42,43,44)/p+1/t16-,17-,19-,20-,21-,22-,27-,28-/m1/s1. The molecule has 10 N–H and O–H groups in total. The lowest BCUT2D eigenvalue weighted by atomic mass is 10.1. The third-order valence-electron chi connectivity index (χ3n) is 8.19. The first-order valence-corrected chi connectivity index (χ1v) is 18.2. The van der Waals surface area contributed by atoms with Crippen LogP contribution < -0.4 is 20.8 Å². The van der Waals surface area contributed by atoms with Crippen LogP contribution >= 0.6 is 15.6 Å². The van der Waals surface area contributed by atoms with Gasteiger partial charge in [0.25, 0.3) is 12.1 Å². The SMILES string of the molecule is COc1ccc(-c2nc3c(N)ncnc3n2[C@@H]2O[C@H](COP(=O)(O)OP(=O)(O)OC[C@H]3O[C@@H]([n+]4cccc(C(N)=O)c4)[C@H](O)[C@@H]3O)[C@@H](O)[C@H]2O)cc1. The third kappa shape index (κ3) is 7.70. The number of aliphatic hydroxyl groups is 4. The number of benzene rings is 1. The van der Waals surface area contributed by atoms with Crippen LogP contribution in [0.1, 0.15) is 22.8 Å². The van der Waals surface area contributed by atoms with Crippen LogP contribution in [0.15, 0.2) is 55.1 Å². The Morgan fingerprint density at radius 3 is 2.21 bits per heavy atom. The number of ether oxygens (including phenoxy) is 3. The number of rotatable bonds is 13.